The fourth-order valence-electron chi connectivity index (χ4n) is 1.34. The summed E-state index contributed by atoms with van der Waals surface area (Å²) in [6, 6.07) is 10.9. The normalized spacial score (nSPS) is 9.90. The molecule has 0 amide bonds. The van der Waals surface area contributed by atoms with Crippen molar-refractivity contribution in [3.63, 3.8) is 0 Å². The van der Waals surface area contributed by atoms with Gasteiger partial charge in [-0.15, -0.1) is 0 Å². The maximum atomic E-state index is 11.5. The van der Waals surface area contributed by atoms with Gasteiger partial charge in [0.25, 0.3) is 0 Å². The fourth-order valence-corrected chi connectivity index (χ4v) is 2.81. The zero-order chi connectivity index (χ0) is 15.2. The quantitative estimate of drug-likeness (QED) is 0.480. The Labute approximate surface area is 132 Å². The van der Waals surface area contributed by atoms with E-state index in [1.807, 2.05) is 0 Å². The predicted molar refractivity (Wildman–Crippen MR) is 70.7 cm³/mol. The number of hydrogen-bond acceptors (Lipinski definition) is 6. The van der Waals surface area contributed by atoms with Crippen LogP contribution in [0.3, 0.4) is 0 Å². The number of benzene rings is 2. The van der Waals surface area contributed by atoms with Gasteiger partial charge in [-0.2, -0.15) is 0 Å². The molecule has 0 aliphatic rings. The summed E-state index contributed by atoms with van der Waals surface area (Å²) in [5.74, 6) is 0.0622. The summed E-state index contributed by atoms with van der Waals surface area (Å²) in [6.07, 6.45) is 0. The monoisotopic (exact) mass is 486 g/mol. The average molecular weight is 485 g/mol. The third-order valence-electron chi connectivity index (χ3n) is 2.36. The van der Waals surface area contributed by atoms with E-state index in [1.54, 1.807) is 0 Å². The molecular weight excluding hydrogens is 475 g/mol. The van der Waals surface area contributed by atoms with Crippen molar-refractivity contribution in [1.29, 1.82) is 0 Å². The molecule has 2 rings (SSSR count). The Hall–Kier alpha value is -2.24. The topological polar surface area (TPSA) is 99.1 Å². The number of hydrogen-bond donors (Lipinski definition) is 2. The molecule has 106 valence electrons. The van der Waals surface area contributed by atoms with Gasteiger partial charge in [0.1, 0.15) is 0 Å². The Morgan fingerprint density at radius 2 is 1.05 bits per heavy atom. The van der Waals surface area contributed by atoms with Crippen LogP contribution >= 0.6 is 0 Å². The summed E-state index contributed by atoms with van der Waals surface area (Å²) in [7, 11) is 0. The molecule has 9 heteroatoms. The number of phenols is 2. The summed E-state index contributed by atoms with van der Waals surface area (Å²) < 4.78 is 9.72. The van der Waals surface area contributed by atoms with Crippen molar-refractivity contribution in [1.82, 2.24) is 0 Å². The van der Waals surface area contributed by atoms with Gasteiger partial charge in [0, 0.05) is 0 Å². The third-order valence-corrected chi connectivity index (χ3v) is 4.23. The van der Waals surface area contributed by atoms with Crippen molar-refractivity contribution in [3.8, 4) is 11.5 Å². The van der Waals surface area contributed by atoms with Crippen LogP contribution in [0.15, 0.2) is 48.5 Å². The number of rotatable bonds is 6. The molecule has 8 nitrogen and oxygen atoms in total. The second-order valence-corrected chi connectivity index (χ2v) is 5.88. The van der Waals surface area contributed by atoms with Crippen LogP contribution in [0.1, 0.15) is 0 Å². The Kier molecular flexibility index (Phi) is 5.03. The molecule has 2 aromatic rings. The van der Waals surface area contributed by atoms with E-state index >= 15 is 0 Å². The first-order valence-electron chi connectivity index (χ1n) is 5.68. The van der Waals surface area contributed by atoms with Gasteiger partial charge in [0.15, 0.2) is 0 Å². The van der Waals surface area contributed by atoms with E-state index in [9.17, 15) is 9.81 Å². The third kappa shape index (κ3) is 4.37. The number of nitrogens with zero attached hydrogens (tertiary/aromatic N) is 2. The van der Waals surface area contributed by atoms with Crippen molar-refractivity contribution in [2.75, 3.05) is 0 Å². The molecule has 2 radical (unpaired) electrons. The minimum atomic E-state index is -2.40. The zero-order valence-corrected chi connectivity index (χ0v) is 14.4. The molecule has 0 heterocycles. The fraction of sp³-hybridized carbons (Fsp3) is 0. The molecule has 2 aromatic carbocycles. The van der Waals surface area contributed by atoms with Crippen LogP contribution in [0, 0.1) is 9.81 Å². The van der Waals surface area contributed by atoms with Gasteiger partial charge >= 0.3 is 132 Å². The van der Waals surface area contributed by atoms with E-state index in [4.69, 9.17) is 15.8 Å². The summed E-state index contributed by atoms with van der Waals surface area (Å²) in [6.45, 7) is 0. The SMILES string of the molecule is O=[N+]([O][Pb][O][N+](=O)c1ccc(O)cc1)c1ccc(O)cc1. The molecule has 2 N–H and O–H groups in total. The van der Waals surface area contributed by atoms with Crippen molar-refractivity contribution in [2.24, 2.45) is 0 Å². The molecule has 0 fully saturated rings. The first-order valence-corrected chi connectivity index (χ1v) is 8.85. The van der Waals surface area contributed by atoms with Gasteiger partial charge in [-0.1, -0.05) is 0 Å². The molecule has 0 unspecified atom stereocenters. The molecular formula is C12H10N2O6Pb+2. The van der Waals surface area contributed by atoms with E-state index in [-0.39, 0.29) is 32.7 Å². The minimum absolute atomic E-state index is 0.0311. The molecule has 0 aliphatic carbocycles. The van der Waals surface area contributed by atoms with Gasteiger partial charge in [-0.25, -0.2) is 0 Å². The van der Waals surface area contributed by atoms with E-state index in [2.05, 4.69) is 0 Å². The standard InChI is InChI=1S/2C6H5NO3.Pb/c2*8-6-3-1-5(2-4-6)7(9)10;/h2*1-4,8H;/q;;+2. The zero-order valence-electron chi connectivity index (χ0n) is 10.5. The predicted octanol–water partition coefficient (Wildman–Crippen LogP) is 2.02. The number of phenolic OH excluding ortho intramolecular Hbond substituents is 2. The molecule has 0 aromatic heterocycles. The Bertz CT molecular complexity index is 586. The Morgan fingerprint density at radius 1 is 0.714 bits per heavy atom. The van der Waals surface area contributed by atoms with Gasteiger partial charge in [0.2, 0.25) is 0 Å². The van der Waals surface area contributed by atoms with Crippen LogP contribution in [0.4, 0.5) is 11.4 Å². The maximum absolute atomic E-state index is 11.5. The van der Waals surface area contributed by atoms with Crippen LogP contribution in [-0.2, 0) is 5.58 Å². The molecule has 0 bridgehead atoms. The van der Waals surface area contributed by atoms with Crippen molar-refractivity contribution >= 4 is 36.5 Å². The Balaban J connectivity index is 1.83. The first-order chi connectivity index (χ1) is 10.1. The van der Waals surface area contributed by atoms with E-state index in [0.29, 0.717) is 0 Å². The van der Waals surface area contributed by atoms with Crippen LogP contribution in [0.5, 0.6) is 11.5 Å². The molecule has 0 aliphatic heterocycles. The average Bonchev–Trinajstić information content (AvgIpc) is 2.48. The van der Waals surface area contributed by atoms with Gasteiger partial charge < -0.3 is 0 Å². The first kappa shape index (κ1) is 15.2. The Morgan fingerprint density at radius 3 is 1.38 bits per heavy atom. The van der Waals surface area contributed by atoms with Crippen molar-refractivity contribution in [2.45, 2.75) is 0 Å². The molecule has 0 saturated heterocycles. The van der Waals surface area contributed by atoms with Gasteiger partial charge in [0.05, 0.1) is 0 Å². The van der Waals surface area contributed by atoms with Crippen molar-refractivity contribution < 1.29 is 25.6 Å². The van der Waals surface area contributed by atoms with Gasteiger partial charge in [-0.05, 0) is 0 Å². The second-order valence-electron chi connectivity index (χ2n) is 3.81. The van der Waals surface area contributed by atoms with E-state index in [1.165, 1.54) is 48.5 Å². The van der Waals surface area contributed by atoms with Crippen LogP contribution < -0.4 is 0 Å². The summed E-state index contributed by atoms with van der Waals surface area (Å²) in [4.78, 5) is 23.6. The molecule has 0 saturated carbocycles. The summed E-state index contributed by atoms with van der Waals surface area (Å²) in [5.41, 5.74) is 0.372. The van der Waals surface area contributed by atoms with Crippen LogP contribution in [0.25, 0.3) is 0 Å². The molecule has 0 atom stereocenters. The second kappa shape index (κ2) is 6.97. The van der Waals surface area contributed by atoms with E-state index < -0.39 is 25.1 Å². The van der Waals surface area contributed by atoms with Crippen LogP contribution in [-0.4, -0.2) is 45.2 Å². The van der Waals surface area contributed by atoms with Crippen molar-refractivity contribution in [3.05, 3.63) is 58.3 Å². The number of aromatic hydroxyl groups is 2. The van der Waals surface area contributed by atoms with E-state index in [0.717, 1.165) is 0 Å². The van der Waals surface area contributed by atoms with Crippen LogP contribution in [0.2, 0.25) is 0 Å². The summed E-state index contributed by atoms with van der Waals surface area (Å²) in [5, 5.41) is 18.2. The van der Waals surface area contributed by atoms with Gasteiger partial charge in [-0.3, -0.25) is 0 Å². The summed E-state index contributed by atoms with van der Waals surface area (Å²) >= 11 is -2.40. The molecule has 0 spiro atoms. The molecule has 21 heavy (non-hydrogen) atoms.